The van der Waals surface area contributed by atoms with E-state index in [0.29, 0.717) is 61.5 Å². The third-order valence-electron chi connectivity index (χ3n) is 8.75. The summed E-state index contributed by atoms with van der Waals surface area (Å²) in [7, 11) is 0. The average molecular weight is 632 g/mol. The summed E-state index contributed by atoms with van der Waals surface area (Å²) >= 11 is 2.92. The SMILES string of the molecule is CCOC(=O)C1(CC)CCc2c(sc3nc[nH]c(=O)c23)C1.CCOC(=O)c1c(N)sc2c1CCC(CC)(C(=O)OCC)C2. The molecule has 0 saturated carbocycles. The molecule has 0 radical (unpaired) electrons. The lowest BCUT2D eigenvalue weighted by Gasteiger charge is -2.33. The van der Waals surface area contributed by atoms with Gasteiger partial charge >= 0.3 is 17.9 Å². The first-order valence-corrected chi connectivity index (χ1v) is 16.6. The zero-order chi connectivity index (χ0) is 31.4. The molecule has 10 nitrogen and oxygen atoms in total. The van der Waals surface area contributed by atoms with Gasteiger partial charge in [0.15, 0.2) is 0 Å². The number of ether oxygens (including phenoxy) is 3. The third-order valence-corrected chi connectivity index (χ3v) is 11.0. The van der Waals surface area contributed by atoms with Crippen LogP contribution in [0.5, 0.6) is 0 Å². The van der Waals surface area contributed by atoms with Gasteiger partial charge in [0, 0.05) is 9.75 Å². The van der Waals surface area contributed by atoms with E-state index in [2.05, 4.69) is 9.97 Å². The summed E-state index contributed by atoms with van der Waals surface area (Å²) < 4.78 is 15.6. The molecule has 12 heteroatoms. The molecule has 3 N–H and O–H groups in total. The Balaban J connectivity index is 0.000000197. The normalized spacial score (nSPS) is 20.8. The lowest BCUT2D eigenvalue weighted by molar-refractivity contribution is -0.157. The highest BCUT2D eigenvalue weighted by molar-refractivity contribution is 7.18. The van der Waals surface area contributed by atoms with Crippen molar-refractivity contribution in [2.45, 2.75) is 86.0 Å². The van der Waals surface area contributed by atoms with Gasteiger partial charge in [0.05, 0.1) is 47.9 Å². The van der Waals surface area contributed by atoms with Crippen molar-refractivity contribution in [3.8, 4) is 0 Å². The fourth-order valence-electron chi connectivity index (χ4n) is 6.15. The van der Waals surface area contributed by atoms with Gasteiger partial charge in [-0.3, -0.25) is 14.4 Å². The molecule has 0 bridgehead atoms. The van der Waals surface area contributed by atoms with E-state index in [1.165, 1.54) is 29.0 Å². The number of nitrogens with two attached hydrogens (primary N) is 1. The van der Waals surface area contributed by atoms with Gasteiger partial charge in [-0.15, -0.1) is 22.7 Å². The Bertz CT molecular complexity index is 1560. The topological polar surface area (TPSA) is 151 Å². The van der Waals surface area contributed by atoms with E-state index < -0.39 is 10.8 Å². The maximum absolute atomic E-state index is 12.3. The first kappa shape index (κ1) is 32.7. The number of H-pyrrole nitrogens is 1. The number of thiophene rings is 2. The molecule has 0 aliphatic heterocycles. The van der Waals surface area contributed by atoms with Crippen molar-refractivity contribution < 1.29 is 28.6 Å². The third kappa shape index (κ3) is 6.22. The molecule has 2 unspecified atom stereocenters. The van der Waals surface area contributed by atoms with Crippen LogP contribution in [-0.2, 0) is 49.5 Å². The fraction of sp³-hybridized carbons (Fsp3) is 0.581. The van der Waals surface area contributed by atoms with Gasteiger partial charge in [-0.1, -0.05) is 13.8 Å². The molecule has 234 valence electrons. The molecule has 0 aromatic carbocycles. The van der Waals surface area contributed by atoms with E-state index in [9.17, 15) is 19.2 Å². The molecule has 3 heterocycles. The number of carbonyl (C=O) groups is 3. The number of hydrogen-bond acceptors (Lipinski definition) is 11. The van der Waals surface area contributed by atoms with Crippen LogP contribution in [0.15, 0.2) is 11.1 Å². The summed E-state index contributed by atoms with van der Waals surface area (Å²) in [6.07, 6.45) is 6.95. The zero-order valence-corrected chi connectivity index (χ0v) is 27.2. The van der Waals surface area contributed by atoms with Crippen molar-refractivity contribution in [3.63, 3.8) is 0 Å². The van der Waals surface area contributed by atoms with E-state index in [1.54, 1.807) is 6.92 Å². The number of carbonyl (C=O) groups excluding carboxylic acids is 3. The predicted octanol–water partition coefficient (Wildman–Crippen LogP) is 5.39. The Kier molecular flexibility index (Phi) is 10.3. The van der Waals surface area contributed by atoms with Gasteiger partial charge in [-0.05, 0) is 83.3 Å². The second-order valence-electron chi connectivity index (χ2n) is 10.9. The second kappa shape index (κ2) is 13.6. The number of hydrogen-bond donors (Lipinski definition) is 2. The number of fused-ring (bicyclic) bond motifs is 4. The molecule has 0 amide bonds. The lowest BCUT2D eigenvalue weighted by Crippen LogP contribution is -2.37. The van der Waals surface area contributed by atoms with E-state index >= 15 is 0 Å². The van der Waals surface area contributed by atoms with Crippen molar-refractivity contribution >= 4 is 55.8 Å². The van der Waals surface area contributed by atoms with Crippen molar-refractivity contribution in [2.75, 3.05) is 25.6 Å². The smallest absolute Gasteiger partial charge is 0.341 e. The minimum Gasteiger partial charge on any atom is -0.466 e. The maximum Gasteiger partial charge on any atom is 0.341 e. The molecule has 2 aliphatic carbocycles. The van der Waals surface area contributed by atoms with Crippen molar-refractivity contribution in [1.82, 2.24) is 9.97 Å². The average Bonchev–Trinajstić information content (AvgIpc) is 3.53. The lowest BCUT2D eigenvalue weighted by atomic mass is 9.72. The molecule has 43 heavy (non-hydrogen) atoms. The van der Waals surface area contributed by atoms with Crippen LogP contribution in [-0.4, -0.2) is 47.7 Å². The molecule has 0 fully saturated rings. The van der Waals surface area contributed by atoms with Crippen LogP contribution < -0.4 is 11.3 Å². The second-order valence-corrected chi connectivity index (χ2v) is 13.2. The number of nitrogens with one attached hydrogen (secondary N) is 1. The highest BCUT2D eigenvalue weighted by Gasteiger charge is 2.44. The molecule has 2 aliphatic rings. The zero-order valence-electron chi connectivity index (χ0n) is 25.6. The molecular weight excluding hydrogens is 590 g/mol. The Morgan fingerprint density at radius 1 is 0.860 bits per heavy atom. The van der Waals surface area contributed by atoms with E-state index in [1.807, 2.05) is 27.7 Å². The van der Waals surface area contributed by atoms with Gasteiger partial charge in [-0.2, -0.15) is 0 Å². The van der Waals surface area contributed by atoms with Crippen LogP contribution in [0.4, 0.5) is 5.00 Å². The van der Waals surface area contributed by atoms with E-state index in [4.69, 9.17) is 19.9 Å². The van der Waals surface area contributed by atoms with Crippen LogP contribution in [0.25, 0.3) is 10.2 Å². The quantitative estimate of drug-likeness (QED) is 0.246. The molecule has 0 saturated heterocycles. The van der Waals surface area contributed by atoms with Gasteiger partial charge in [0.2, 0.25) is 0 Å². The summed E-state index contributed by atoms with van der Waals surface area (Å²) in [4.78, 5) is 58.5. The molecular formula is C31H41N3O7S2. The first-order chi connectivity index (χ1) is 20.6. The number of anilines is 1. The number of rotatable bonds is 8. The largest absolute Gasteiger partial charge is 0.466 e. The number of esters is 3. The first-order valence-electron chi connectivity index (χ1n) is 15.0. The van der Waals surface area contributed by atoms with Crippen molar-refractivity contribution in [3.05, 3.63) is 43.1 Å². The molecule has 3 aromatic rings. The van der Waals surface area contributed by atoms with Crippen LogP contribution >= 0.6 is 22.7 Å². The van der Waals surface area contributed by atoms with Gasteiger partial charge in [0.25, 0.3) is 5.56 Å². The monoisotopic (exact) mass is 631 g/mol. The maximum atomic E-state index is 12.3. The minimum atomic E-state index is -0.494. The molecule has 3 aromatic heterocycles. The number of nitrogens with zero attached hydrogens (tertiary/aromatic N) is 1. The number of aryl methyl sites for hydroxylation is 1. The Labute approximate surface area is 259 Å². The van der Waals surface area contributed by atoms with Crippen molar-refractivity contribution in [2.24, 2.45) is 10.8 Å². The minimum absolute atomic E-state index is 0.0855. The molecule has 2 atom stereocenters. The Hall–Kier alpha value is -3.25. The summed E-state index contributed by atoms with van der Waals surface area (Å²) in [5, 5.41) is 1.19. The van der Waals surface area contributed by atoms with Crippen LogP contribution in [0.1, 0.15) is 91.5 Å². The van der Waals surface area contributed by atoms with E-state index in [-0.39, 0.29) is 23.5 Å². The number of aromatic nitrogens is 2. The summed E-state index contributed by atoms with van der Waals surface area (Å²) in [5.41, 5.74) is 7.51. The van der Waals surface area contributed by atoms with Crippen LogP contribution in [0, 0.1) is 10.8 Å². The van der Waals surface area contributed by atoms with Crippen LogP contribution in [0.2, 0.25) is 0 Å². The molecule has 0 spiro atoms. The summed E-state index contributed by atoms with van der Waals surface area (Å²) in [5.74, 6) is -0.622. The summed E-state index contributed by atoms with van der Waals surface area (Å²) in [6, 6.07) is 0. The molecule has 5 rings (SSSR count). The standard InChI is InChI=1S/C16H23NO4S.C15H18N2O3S/c1-4-16(15(19)21-6-3)8-7-10-11(9-16)22-13(17)12(10)14(18)20-5-2;1-3-15(14(19)20-4-2)6-5-9-10(7-15)21-13-11(9)12(18)16-8-17-13/h4-9,17H2,1-3H3;8H,3-7H2,1-2H3,(H,16,17,18). The van der Waals surface area contributed by atoms with Crippen LogP contribution in [0.3, 0.4) is 0 Å². The Morgan fingerprint density at radius 3 is 1.93 bits per heavy atom. The van der Waals surface area contributed by atoms with Gasteiger partial charge in [0.1, 0.15) is 9.83 Å². The predicted molar refractivity (Wildman–Crippen MR) is 168 cm³/mol. The summed E-state index contributed by atoms with van der Waals surface area (Å²) in [6.45, 7) is 10.6. The van der Waals surface area contributed by atoms with Gasteiger partial charge in [-0.25, -0.2) is 9.78 Å². The van der Waals surface area contributed by atoms with Crippen molar-refractivity contribution in [1.29, 1.82) is 0 Å². The number of nitrogen functional groups attached to an aromatic ring is 1. The highest BCUT2D eigenvalue weighted by atomic mass is 32.1. The highest BCUT2D eigenvalue weighted by Crippen LogP contribution is 2.46. The van der Waals surface area contributed by atoms with Gasteiger partial charge < -0.3 is 24.9 Å². The number of aromatic amines is 1. The fourth-order valence-corrected chi connectivity index (χ4v) is 8.73. The van der Waals surface area contributed by atoms with E-state index in [0.717, 1.165) is 51.4 Å². The Morgan fingerprint density at radius 2 is 1.40 bits per heavy atom.